The highest BCUT2D eigenvalue weighted by atomic mass is 16.6. The molecule has 1 aromatic carbocycles. The Bertz CT molecular complexity index is 587. The Labute approximate surface area is 113 Å². The number of aryl methyl sites for hydroxylation is 1. The third-order valence-electron chi connectivity index (χ3n) is 3.42. The maximum absolute atomic E-state index is 11.1. The summed E-state index contributed by atoms with van der Waals surface area (Å²) in [5.74, 6) is 0.336. The molecule has 1 N–H and O–H groups in total. The van der Waals surface area contributed by atoms with Gasteiger partial charge in [-0.1, -0.05) is 26.0 Å². The lowest BCUT2D eigenvalue weighted by molar-refractivity contribution is -0.524. The number of hydrogen-bond acceptors (Lipinski definition) is 2. The highest BCUT2D eigenvalue weighted by molar-refractivity contribution is 5.83. The van der Waals surface area contributed by atoms with Gasteiger partial charge in [0.25, 0.3) is 0 Å². The maximum Gasteiger partial charge on any atom is 0.217 e. The van der Waals surface area contributed by atoms with Crippen LogP contribution >= 0.6 is 0 Å². The SMILES string of the molecule is Cc1ccc2c(C[C@H](CC(C)C)[N+](=O)[O-])c[nH]c2c1. The van der Waals surface area contributed by atoms with Crippen LogP contribution in [0.15, 0.2) is 24.4 Å². The number of nitro groups is 1. The van der Waals surface area contributed by atoms with Crippen LogP contribution in [0.2, 0.25) is 0 Å². The highest BCUT2D eigenvalue weighted by Gasteiger charge is 2.23. The molecule has 0 radical (unpaired) electrons. The van der Waals surface area contributed by atoms with E-state index < -0.39 is 6.04 Å². The number of fused-ring (bicyclic) bond motifs is 1. The number of H-pyrrole nitrogens is 1. The van der Waals surface area contributed by atoms with Gasteiger partial charge in [-0.2, -0.15) is 0 Å². The monoisotopic (exact) mass is 260 g/mol. The van der Waals surface area contributed by atoms with Crippen molar-refractivity contribution in [2.24, 2.45) is 5.92 Å². The first-order valence-corrected chi connectivity index (χ1v) is 6.67. The van der Waals surface area contributed by atoms with Crippen LogP contribution in [0.3, 0.4) is 0 Å². The van der Waals surface area contributed by atoms with Gasteiger partial charge in [-0.25, -0.2) is 0 Å². The Morgan fingerprint density at radius 3 is 2.74 bits per heavy atom. The van der Waals surface area contributed by atoms with Crippen LogP contribution in [0.25, 0.3) is 10.9 Å². The van der Waals surface area contributed by atoms with Crippen molar-refractivity contribution >= 4 is 10.9 Å². The average molecular weight is 260 g/mol. The van der Waals surface area contributed by atoms with E-state index in [2.05, 4.69) is 11.1 Å². The molecule has 0 aliphatic rings. The molecule has 0 fully saturated rings. The molecule has 102 valence electrons. The molecule has 19 heavy (non-hydrogen) atoms. The average Bonchev–Trinajstić information content (AvgIpc) is 2.70. The van der Waals surface area contributed by atoms with Crippen molar-refractivity contribution in [1.82, 2.24) is 4.98 Å². The van der Waals surface area contributed by atoms with Gasteiger partial charge < -0.3 is 4.98 Å². The van der Waals surface area contributed by atoms with Crippen LogP contribution in [0.1, 0.15) is 31.4 Å². The zero-order chi connectivity index (χ0) is 14.0. The molecule has 1 atom stereocenters. The normalized spacial score (nSPS) is 13.1. The minimum absolute atomic E-state index is 0.146. The lowest BCUT2D eigenvalue weighted by Gasteiger charge is -2.11. The molecular weight excluding hydrogens is 240 g/mol. The van der Waals surface area contributed by atoms with E-state index in [1.165, 1.54) is 5.56 Å². The molecule has 1 heterocycles. The third-order valence-corrected chi connectivity index (χ3v) is 3.42. The summed E-state index contributed by atoms with van der Waals surface area (Å²) in [6.07, 6.45) is 3.01. The number of rotatable bonds is 5. The molecule has 0 unspecified atom stereocenters. The summed E-state index contributed by atoms with van der Waals surface area (Å²) in [6.45, 7) is 6.09. The summed E-state index contributed by atoms with van der Waals surface area (Å²) in [6, 6.07) is 5.66. The number of hydrogen-bond donors (Lipinski definition) is 1. The zero-order valence-electron chi connectivity index (χ0n) is 11.6. The lowest BCUT2D eigenvalue weighted by Crippen LogP contribution is -2.24. The second-order valence-electron chi connectivity index (χ2n) is 5.64. The summed E-state index contributed by atoms with van der Waals surface area (Å²) < 4.78 is 0. The molecule has 1 aromatic heterocycles. The van der Waals surface area contributed by atoms with Crippen molar-refractivity contribution in [3.05, 3.63) is 45.6 Å². The maximum atomic E-state index is 11.1. The Morgan fingerprint density at radius 2 is 2.11 bits per heavy atom. The van der Waals surface area contributed by atoms with Crippen molar-refractivity contribution in [3.8, 4) is 0 Å². The van der Waals surface area contributed by atoms with Crippen LogP contribution in [-0.2, 0) is 6.42 Å². The molecule has 4 nitrogen and oxygen atoms in total. The van der Waals surface area contributed by atoms with Gasteiger partial charge in [0, 0.05) is 34.9 Å². The molecule has 0 saturated carbocycles. The van der Waals surface area contributed by atoms with Crippen molar-refractivity contribution in [2.45, 2.75) is 39.7 Å². The van der Waals surface area contributed by atoms with Gasteiger partial charge in [0.15, 0.2) is 0 Å². The summed E-state index contributed by atoms with van der Waals surface area (Å²) in [5.41, 5.74) is 3.29. The number of aromatic amines is 1. The number of benzene rings is 1. The fourth-order valence-corrected chi connectivity index (χ4v) is 2.51. The largest absolute Gasteiger partial charge is 0.361 e. The molecule has 0 aliphatic heterocycles. The Kier molecular flexibility index (Phi) is 3.88. The lowest BCUT2D eigenvalue weighted by atomic mass is 9.97. The van der Waals surface area contributed by atoms with Crippen molar-refractivity contribution in [3.63, 3.8) is 0 Å². The van der Waals surface area contributed by atoms with Crippen molar-refractivity contribution in [1.29, 1.82) is 0 Å². The summed E-state index contributed by atoms with van der Waals surface area (Å²) in [5, 5.41) is 12.2. The number of nitrogens with one attached hydrogen (secondary N) is 1. The van der Waals surface area contributed by atoms with Crippen LogP contribution in [0.5, 0.6) is 0 Å². The van der Waals surface area contributed by atoms with Crippen LogP contribution in [-0.4, -0.2) is 15.9 Å². The topological polar surface area (TPSA) is 58.9 Å². The van der Waals surface area contributed by atoms with Crippen molar-refractivity contribution < 1.29 is 4.92 Å². The molecule has 0 spiro atoms. The van der Waals surface area contributed by atoms with E-state index in [1.54, 1.807) is 0 Å². The standard InChI is InChI=1S/C15H20N2O2/c1-10(2)6-13(17(18)19)8-12-9-16-15-7-11(3)4-5-14(12)15/h4-5,7,9-10,13,16H,6,8H2,1-3H3/t13-/m0/s1. The minimum atomic E-state index is -0.500. The second-order valence-corrected chi connectivity index (χ2v) is 5.64. The van der Waals surface area contributed by atoms with E-state index in [0.29, 0.717) is 18.8 Å². The molecule has 0 saturated heterocycles. The predicted octanol–water partition coefficient (Wildman–Crippen LogP) is 3.71. The molecule has 0 amide bonds. The van der Waals surface area contributed by atoms with E-state index in [0.717, 1.165) is 16.5 Å². The highest BCUT2D eigenvalue weighted by Crippen LogP contribution is 2.23. The second kappa shape index (κ2) is 5.43. The third kappa shape index (κ3) is 3.13. The quantitative estimate of drug-likeness (QED) is 0.658. The van der Waals surface area contributed by atoms with E-state index in [1.807, 2.05) is 39.1 Å². The first-order valence-electron chi connectivity index (χ1n) is 6.67. The first kappa shape index (κ1) is 13.6. The summed E-state index contributed by atoms with van der Waals surface area (Å²) >= 11 is 0. The van der Waals surface area contributed by atoms with Gasteiger partial charge in [-0.05, 0) is 30.0 Å². The van der Waals surface area contributed by atoms with Gasteiger partial charge in [0.05, 0.1) is 0 Å². The van der Waals surface area contributed by atoms with Gasteiger partial charge in [-0.3, -0.25) is 10.1 Å². The Hall–Kier alpha value is -1.84. The zero-order valence-corrected chi connectivity index (χ0v) is 11.6. The first-order chi connectivity index (χ1) is 8.97. The van der Waals surface area contributed by atoms with E-state index in [4.69, 9.17) is 0 Å². The van der Waals surface area contributed by atoms with Gasteiger partial charge in [0.2, 0.25) is 6.04 Å². The predicted molar refractivity (Wildman–Crippen MR) is 77.0 cm³/mol. The van der Waals surface area contributed by atoms with Crippen LogP contribution in [0, 0.1) is 23.0 Å². The fourth-order valence-electron chi connectivity index (χ4n) is 2.51. The number of aromatic nitrogens is 1. The van der Waals surface area contributed by atoms with Gasteiger partial charge in [-0.15, -0.1) is 0 Å². The smallest absolute Gasteiger partial charge is 0.217 e. The molecule has 2 rings (SSSR count). The van der Waals surface area contributed by atoms with Crippen LogP contribution in [0.4, 0.5) is 0 Å². The van der Waals surface area contributed by atoms with E-state index in [-0.39, 0.29) is 4.92 Å². The Morgan fingerprint density at radius 1 is 1.37 bits per heavy atom. The van der Waals surface area contributed by atoms with Crippen molar-refractivity contribution in [2.75, 3.05) is 0 Å². The van der Waals surface area contributed by atoms with E-state index in [9.17, 15) is 10.1 Å². The molecular formula is C15H20N2O2. The fraction of sp³-hybridized carbons (Fsp3) is 0.467. The molecule has 0 bridgehead atoms. The number of nitrogens with zero attached hydrogens (tertiary/aromatic N) is 1. The molecule has 0 aliphatic carbocycles. The van der Waals surface area contributed by atoms with Crippen LogP contribution < -0.4 is 0 Å². The summed E-state index contributed by atoms with van der Waals surface area (Å²) in [4.78, 5) is 14.2. The molecule has 2 aromatic rings. The van der Waals surface area contributed by atoms with Gasteiger partial charge in [0.1, 0.15) is 0 Å². The summed E-state index contributed by atoms with van der Waals surface area (Å²) in [7, 11) is 0. The van der Waals surface area contributed by atoms with Gasteiger partial charge >= 0.3 is 0 Å². The van der Waals surface area contributed by atoms with E-state index >= 15 is 0 Å². The Balaban J connectivity index is 2.26. The molecule has 4 heteroatoms. The minimum Gasteiger partial charge on any atom is -0.361 e.